The first-order valence-corrected chi connectivity index (χ1v) is 29.5. The number of hydrogen-bond acceptors (Lipinski definition) is 3. The van der Waals surface area contributed by atoms with E-state index in [4.69, 9.17) is 11.4 Å². The quantitative estimate of drug-likeness (QED) is 0.0905. The third-order valence-corrected chi connectivity index (χ3v) is 20.2. The summed E-state index contributed by atoms with van der Waals surface area (Å²) in [6.45, 7) is 30.2. The molecule has 354 valence electrons. The maximum absolute atomic E-state index is 8.46. The van der Waals surface area contributed by atoms with Gasteiger partial charge in [-0.2, -0.15) is 0 Å². The topological polar surface area (TPSA) is 27.7 Å². The van der Waals surface area contributed by atoms with Crippen LogP contribution >= 0.6 is 0 Å². The van der Waals surface area contributed by atoms with Gasteiger partial charge in [0.05, 0.1) is 0 Å². The van der Waals surface area contributed by atoms with Crippen molar-refractivity contribution in [2.24, 2.45) is 87.3 Å². The normalized spacial score (nSPS) is 33.6. The maximum Gasteiger partial charge on any atom is 0.906 e. The van der Waals surface area contributed by atoms with Crippen molar-refractivity contribution in [2.75, 3.05) is 0 Å². The average molecular weight is 865 g/mol. The number of rotatable bonds is 24. The summed E-state index contributed by atoms with van der Waals surface area (Å²) in [4.78, 5) is 0. The molecule has 6 fully saturated rings. The lowest BCUT2D eigenvalue weighted by Crippen LogP contribution is -2.56. The average Bonchev–Trinajstić information content (AvgIpc) is 4.02. The first-order valence-electron chi connectivity index (χ1n) is 28.0. The Morgan fingerprint density at radius 1 is 0.344 bits per heavy atom. The van der Waals surface area contributed by atoms with E-state index in [0.29, 0.717) is 35.5 Å². The third kappa shape index (κ3) is 12.3. The second kappa shape index (κ2) is 22.9. The molecule has 4 heteroatoms. The minimum atomic E-state index is -2.70. The first-order chi connectivity index (χ1) is 29.1. The van der Waals surface area contributed by atoms with Gasteiger partial charge in [-0.15, -0.1) is 0 Å². The molecule has 9 atom stereocenters. The molecule has 0 N–H and O–H groups in total. The molecule has 9 unspecified atom stereocenters. The summed E-state index contributed by atoms with van der Waals surface area (Å²) in [6.07, 6.45) is 37.5. The van der Waals surface area contributed by atoms with Crippen LogP contribution in [0.5, 0.6) is 0 Å². The highest BCUT2D eigenvalue weighted by atomic mass is 27.3. The van der Waals surface area contributed by atoms with Crippen molar-refractivity contribution < 1.29 is 11.4 Å². The van der Waals surface area contributed by atoms with Gasteiger partial charge in [0.1, 0.15) is 0 Å². The standard InChI is InChI=1S/3C19H35O.Al/c3*1-14(2)12-17-10-7-11-19(17,13-15(3)4)18(20)16-8-5-6-9-16;/h3*14-18H,5-13H2,1-4H3;/q3*-1;+3. The summed E-state index contributed by atoms with van der Waals surface area (Å²) in [5, 5.41) is 0. The Morgan fingerprint density at radius 2 is 0.590 bits per heavy atom. The summed E-state index contributed by atoms with van der Waals surface area (Å²) in [6, 6.07) is 0. The summed E-state index contributed by atoms with van der Waals surface area (Å²) >= 11 is -2.70. The van der Waals surface area contributed by atoms with Gasteiger partial charge in [-0.1, -0.05) is 141 Å². The van der Waals surface area contributed by atoms with Crippen LogP contribution in [-0.2, 0) is 11.4 Å². The van der Waals surface area contributed by atoms with Crippen LogP contribution in [0.1, 0.15) is 256 Å². The third-order valence-electron chi connectivity index (χ3n) is 18.6. The van der Waals surface area contributed by atoms with Gasteiger partial charge in [-0.05, 0) is 203 Å². The summed E-state index contributed by atoms with van der Waals surface area (Å²) < 4.78 is 25.4. The van der Waals surface area contributed by atoms with Gasteiger partial charge in [-0.3, -0.25) is 0 Å². The monoisotopic (exact) mass is 865 g/mol. The molecule has 6 rings (SSSR count). The first kappa shape index (κ1) is 50.8. The molecular formula is C57H105AlO3. The maximum atomic E-state index is 8.46. The van der Waals surface area contributed by atoms with Crippen LogP contribution in [0.15, 0.2) is 0 Å². The zero-order valence-corrected chi connectivity index (χ0v) is 44.2. The van der Waals surface area contributed by atoms with Gasteiger partial charge in [0.15, 0.2) is 0 Å². The van der Waals surface area contributed by atoms with Gasteiger partial charge in [0.2, 0.25) is 0 Å². The molecule has 0 saturated heterocycles. The van der Waals surface area contributed by atoms with Crippen LogP contribution in [0, 0.1) is 87.3 Å². The van der Waals surface area contributed by atoms with Crippen molar-refractivity contribution in [2.45, 2.75) is 275 Å². The Bertz CT molecular complexity index is 1110. The fourth-order valence-electron chi connectivity index (χ4n) is 17.2. The molecule has 6 aliphatic carbocycles. The second-order valence-electron chi connectivity index (χ2n) is 26.2. The van der Waals surface area contributed by atoms with E-state index in [1.807, 2.05) is 0 Å². The van der Waals surface area contributed by atoms with Crippen LogP contribution in [0.25, 0.3) is 0 Å². The van der Waals surface area contributed by atoms with Crippen molar-refractivity contribution in [1.82, 2.24) is 0 Å². The molecule has 6 saturated carbocycles. The van der Waals surface area contributed by atoms with Crippen molar-refractivity contribution in [3.8, 4) is 0 Å². The Hall–Kier alpha value is 0.412. The van der Waals surface area contributed by atoms with Crippen LogP contribution < -0.4 is 0 Å². The fraction of sp³-hybridized carbons (Fsp3) is 1.00. The second-order valence-corrected chi connectivity index (χ2v) is 27.6. The highest BCUT2D eigenvalue weighted by molar-refractivity contribution is 6.36. The van der Waals surface area contributed by atoms with Crippen molar-refractivity contribution >= 4 is 15.1 Å². The zero-order valence-electron chi connectivity index (χ0n) is 43.1. The van der Waals surface area contributed by atoms with Crippen LogP contribution in [-0.4, -0.2) is 33.5 Å². The fourth-order valence-corrected chi connectivity index (χ4v) is 19.6. The highest BCUT2D eigenvalue weighted by Crippen LogP contribution is 2.61. The lowest BCUT2D eigenvalue weighted by molar-refractivity contribution is -0.138. The van der Waals surface area contributed by atoms with Crippen LogP contribution in [0.3, 0.4) is 0 Å². The van der Waals surface area contributed by atoms with Gasteiger partial charge in [-0.25, -0.2) is 0 Å². The Balaban J connectivity index is 1.52. The molecule has 0 bridgehead atoms. The highest BCUT2D eigenvalue weighted by Gasteiger charge is 2.61. The Labute approximate surface area is 386 Å². The van der Waals surface area contributed by atoms with E-state index in [1.165, 1.54) is 173 Å². The molecule has 0 amide bonds. The molecule has 6 aliphatic rings. The molecule has 0 aliphatic heterocycles. The van der Waals surface area contributed by atoms with E-state index in [1.54, 1.807) is 0 Å². The molecule has 0 radical (unpaired) electrons. The molecule has 0 aromatic carbocycles. The SMILES string of the molecule is CC(C)CC1CCCC1(CC(C)C)C([O][Al]([O]C(C1CCCC1)C1(CC(C)C)CCCC1CC(C)C)[O]C(C1CCCC1)C1(CC(C)C)CCCC1CC(C)C)C1CCCC1. The van der Waals surface area contributed by atoms with Crippen LogP contribution in [0.2, 0.25) is 0 Å². The van der Waals surface area contributed by atoms with Crippen LogP contribution in [0.4, 0.5) is 0 Å². The minimum Gasteiger partial charge on any atom is -0.451 e. The van der Waals surface area contributed by atoms with Gasteiger partial charge in [0.25, 0.3) is 0 Å². The molecule has 0 spiro atoms. The predicted molar refractivity (Wildman–Crippen MR) is 262 cm³/mol. The molecule has 0 aromatic rings. The minimum absolute atomic E-state index is 0.240. The van der Waals surface area contributed by atoms with Gasteiger partial charge in [0, 0.05) is 18.3 Å². The lowest BCUT2D eigenvalue weighted by Gasteiger charge is -2.52. The molecular weight excluding hydrogens is 760 g/mol. The Kier molecular flexibility index (Phi) is 19.1. The van der Waals surface area contributed by atoms with Crippen molar-refractivity contribution in [3.63, 3.8) is 0 Å². The summed E-state index contributed by atoms with van der Waals surface area (Å²) in [5.41, 5.74) is 0.719. The Morgan fingerprint density at radius 3 is 0.803 bits per heavy atom. The molecule has 61 heavy (non-hydrogen) atoms. The van der Waals surface area contributed by atoms with E-state index in [2.05, 4.69) is 83.1 Å². The zero-order chi connectivity index (χ0) is 44.0. The smallest absolute Gasteiger partial charge is 0.451 e. The van der Waals surface area contributed by atoms with Gasteiger partial charge >= 0.3 is 15.1 Å². The van der Waals surface area contributed by atoms with E-state index in [-0.39, 0.29) is 34.6 Å². The van der Waals surface area contributed by atoms with Crippen molar-refractivity contribution in [3.05, 3.63) is 0 Å². The van der Waals surface area contributed by atoms with E-state index < -0.39 is 15.1 Å². The van der Waals surface area contributed by atoms with Gasteiger partial charge < -0.3 is 11.4 Å². The predicted octanol–water partition coefficient (Wildman–Crippen LogP) is 17.3. The van der Waals surface area contributed by atoms with E-state index in [9.17, 15) is 0 Å². The summed E-state index contributed by atoms with van der Waals surface area (Å²) in [5.74, 6) is 8.41. The molecule has 0 heterocycles. The summed E-state index contributed by atoms with van der Waals surface area (Å²) in [7, 11) is 0. The van der Waals surface area contributed by atoms with Crippen molar-refractivity contribution in [1.29, 1.82) is 0 Å². The van der Waals surface area contributed by atoms with E-state index in [0.717, 1.165) is 35.5 Å². The van der Waals surface area contributed by atoms with E-state index >= 15 is 0 Å². The lowest BCUT2D eigenvalue weighted by atomic mass is 9.63. The molecule has 3 nitrogen and oxygen atoms in total. The largest absolute Gasteiger partial charge is 0.906 e. The number of hydrogen-bond donors (Lipinski definition) is 0. The molecule has 0 aromatic heterocycles.